The molecule has 0 spiro atoms. The highest BCUT2D eigenvalue weighted by Gasteiger charge is 2.33. The number of nitrogens with one attached hydrogen (secondary N) is 2. The van der Waals surface area contributed by atoms with Gasteiger partial charge < -0.3 is 34.1 Å². The minimum absolute atomic E-state index is 0.00501. The van der Waals surface area contributed by atoms with E-state index >= 15 is 0 Å². The van der Waals surface area contributed by atoms with Crippen molar-refractivity contribution in [3.8, 4) is 0 Å². The van der Waals surface area contributed by atoms with Crippen LogP contribution in [0.5, 0.6) is 0 Å². The fraction of sp³-hybridized carbons (Fsp3) is 0.348. The summed E-state index contributed by atoms with van der Waals surface area (Å²) in [6, 6.07) is 14.4. The van der Waals surface area contributed by atoms with E-state index in [0.717, 1.165) is 5.56 Å². The van der Waals surface area contributed by atoms with Crippen molar-refractivity contribution >= 4 is 36.9 Å². The van der Waals surface area contributed by atoms with Gasteiger partial charge in [0.1, 0.15) is 19.3 Å². The molecular weight excluding hydrogens is 477 g/mol. The Hall–Kier alpha value is -3.24. The maximum atomic E-state index is 13.0. The number of anilines is 2. The Bertz CT molecular complexity index is 1060. The summed E-state index contributed by atoms with van der Waals surface area (Å²) in [4.78, 5) is 38.9. The molecule has 0 saturated carbocycles. The first-order valence-electron chi connectivity index (χ1n) is 10.8. The smallest absolute Gasteiger partial charge is 0.408 e. The second kappa shape index (κ2) is 12.5. The van der Waals surface area contributed by atoms with Gasteiger partial charge in [-0.05, 0) is 29.8 Å². The average molecular weight is 505 g/mol. The van der Waals surface area contributed by atoms with Crippen LogP contribution in [0.15, 0.2) is 54.6 Å². The molecule has 0 aliphatic carbocycles. The molecule has 2 N–H and O–H groups in total. The highest BCUT2D eigenvalue weighted by Crippen LogP contribution is 2.46. The summed E-state index contributed by atoms with van der Waals surface area (Å²) in [6.45, 7) is 0.891. The van der Waals surface area contributed by atoms with Crippen molar-refractivity contribution in [1.82, 2.24) is 5.32 Å². The van der Waals surface area contributed by atoms with E-state index in [1.807, 2.05) is 6.07 Å². The van der Waals surface area contributed by atoms with E-state index in [-0.39, 0.29) is 19.1 Å². The molecule has 1 fully saturated rings. The van der Waals surface area contributed by atoms with Crippen molar-refractivity contribution in [1.29, 1.82) is 0 Å². The van der Waals surface area contributed by atoms with Crippen molar-refractivity contribution in [2.45, 2.75) is 12.6 Å². The summed E-state index contributed by atoms with van der Waals surface area (Å²) in [6.07, 6.45) is -1.28. The third kappa shape index (κ3) is 7.63. The Balaban J connectivity index is 1.66. The van der Waals surface area contributed by atoms with E-state index in [9.17, 15) is 18.9 Å². The monoisotopic (exact) mass is 505 g/mol. The Morgan fingerprint density at radius 3 is 2.40 bits per heavy atom. The quantitative estimate of drug-likeness (QED) is 0.471. The van der Waals surface area contributed by atoms with Gasteiger partial charge in [-0.25, -0.2) is 4.79 Å². The molecule has 0 aromatic heterocycles. The number of nitrogens with zero attached hydrogens (tertiary/aromatic N) is 1. The van der Waals surface area contributed by atoms with E-state index in [2.05, 4.69) is 10.6 Å². The largest absolute Gasteiger partial charge is 0.445 e. The van der Waals surface area contributed by atoms with Gasteiger partial charge in [-0.15, -0.1) is 0 Å². The molecule has 12 heteroatoms. The molecule has 3 rings (SSSR count). The van der Waals surface area contributed by atoms with Crippen LogP contribution in [-0.2, 0) is 39.3 Å². The van der Waals surface area contributed by atoms with E-state index in [1.165, 1.54) is 14.2 Å². The van der Waals surface area contributed by atoms with Gasteiger partial charge in [-0.3, -0.25) is 14.2 Å². The molecule has 1 saturated heterocycles. The minimum atomic E-state index is -3.65. The van der Waals surface area contributed by atoms with E-state index < -0.39 is 31.8 Å². The van der Waals surface area contributed by atoms with Crippen LogP contribution in [0.1, 0.15) is 5.56 Å². The Morgan fingerprint density at radius 2 is 1.77 bits per heavy atom. The number of alkyl carbamates (subject to hydrolysis) is 1. The molecule has 1 atom stereocenters. The SMILES string of the molecule is COP(=O)(CC(NC(=O)OCc1ccccc1)C(=O)Nc1ccc(N2CCOCC2=O)cc1)OC. The first-order valence-corrected chi connectivity index (χ1v) is 12.5. The second-order valence-electron chi connectivity index (χ2n) is 7.55. The van der Waals surface area contributed by atoms with Crippen LogP contribution in [0.4, 0.5) is 16.2 Å². The Morgan fingerprint density at radius 1 is 1.09 bits per heavy atom. The topological polar surface area (TPSA) is 132 Å². The zero-order valence-electron chi connectivity index (χ0n) is 19.5. The predicted molar refractivity (Wildman–Crippen MR) is 128 cm³/mol. The van der Waals surface area contributed by atoms with Crippen LogP contribution in [0.2, 0.25) is 0 Å². The first-order chi connectivity index (χ1) is 16.8. The molecule has 1 aliphatic rings. The maximum Gasteiger partial charge on any atom is 0.408 e. The maximum absolute atomic E-state index is 13.0. The molecule has 0 bridgehead atoms. The van der Waals surface area contributed by atoms with Crippen LogP contribution in [0, 0.1) is 0 Å². The van der Waals surface area contributed by atoms with Crippen molar-refractivity contribution in [2.24, 2.45) is 0 Å². The van der Waals surface area contributed by atoms with Crippen LogP contribution < -0.4 is 15.5 Å². The van der Waals surface area contributed by atoms with Gasteiger partial charge in [-0.2, -0.15) is 0 Å². The van der Waals surface area contributed by atoms with Crippen molar-refractivity contribution in [3.05, 3.63) is 60.2 Å². The third-order valence-electron chi connectivity index (χ3n) is 5.22. The van der Waals surface area contributed by atoms with Crippen LogP contribution in [0.3, 0.4) is 0 Å². The molecular formula is C23H28N3O8P. The lowest BCUT2D eigenvalue weighted by Crippen LogP contribution is -2.46. The Labute approximate surface area is 203 Å². The molecule has 1 unspecified atom stereocenters. The molecule has 188 valence electrons. The van der Waals surface area contributed by atoms with Crippen molar-refractivity contribution in [2.75, 3.05) is 50.4 Å². The predicted octanol–water partition coefficient (Wildman–Crippen LogP) is 2.77. The second-order valence-corrected chi connectivity index (χ2v) is 9.87. The van der Waals surface area contributed by atoms with Gasteiger partial charge in [0.15, 0.2) is 0 Å². The molecule has 1 heterocycles. The average Bonchev–Trinajstić information content (AvgIpc) is 2.88. The van der Waals surface area contributed by atoms with Gasteiger partial charge in [0.05, 0.1) is 12.8 Å². The molecule has 35 heavy (non-hydrogen) atoms. The van der Waals surface area contributed by atoms with Gasteiger partial charge in [0.25, 0.3) is 5.91 Å². The number of hydrogen-bond donors (Lipinski definition) is 2. The first kappa shape index (κ1) is 26.4. The summed E-state index contributed by atoms with van der Waals surface area (Å²) in [5.41, 5.74) is 1.84. The lowest BCUT2D eigenvalue weighted by atomic mass is 10.2. The summed E-state index contributed by atoms with van der Waals surface area (Å²) in [5, 5.41) is 5.09. The molecule has 0 radical (unpaired) electrons. The fourth-order valence-electron chi connectivity index (χ4n) is 3.29. The van der Waals surface area contributed by atoms with E-state index in [1.54, 1.807) is 53.4 Å². The number of amides is 3. The van der Waals surface area contributed by atoms with Crippen molar-refractivity contribution in [3.63, 3.8) is 0 Å². The number of hydrogen-bond acceptors (Lipinski definition) is 8. The molecule has 3 amide bonds. The number of carbonyl (C=O) groups excluding carboxylic acids is 3. The Kier molecular flexibility index (Phi) is 9.39. The van der Waals surface area contributed by atoms with Gasteiger partial charge in [-0.1, -0.05) is 30.3 Å². The molecule has 11 nitrogen and oxygen atoms in total. The zero-order valence-corrected chi connectivity index (χ0v) is 20.4. The van der Waals surface area contributed by atoms with E-state index in [4.69, 9.17) is 18.5 Å². The fourth-order valence-corrected chi connectivity index (χ4v) is 4.45. The van der Waals surface area contributed by atoms with Gasteiger partial charge >= 0.3 is 13.7 Å². The van der Waals surface area contributed by atoms with Gasteiger partial charge in [0, 0.05) is 32.1 Å². The summed E-state index contributed by atoms with van der Waals surface area (Å²) < 4.78 is 32.9. The van der Waals surface area contributed by atoms with E-state index in [0.29, 0.717) is 24.5 Å². The zero-order chi connectivity index (χ0) is 25.3. The standard InChI is InChI=1S/C23H28N3O8P/c1-31-35(30,32-2)16-20(25-23(29)34-14-17-6-4-3-5-7-17)22(28)24-18-8-10-19(11-9-18)26-12-13-33-15-21(26)27/h3-11,20H,12-16H2,1-2H3,(H,24,28)(H,25,29). The molecule has 2 aromatic carbocycles. The lowest BCUT2D eigenvalue weighted by Gasteiger charge is -2.27. The summed E-state index contributed by atoms with van der Waals surface area (Å²) in [5.74, 6) is -0.799. The third-order valence-corrected chi connectivity index (χ3v) is 7.14. The number of carbonyl (C=O) groups is 3. The molecule has 1 aliphatic heterocycles. The summed E-state index contributed by atoms with van der Waals surface area (Å²) in [7, 11) is -1.26. The highest BCUT2D eigenvalue weighted by molar-refractivity contribution is 7.53. The van der Waals surface area contributed by atoms with Gasteiger partial charge in [0.2, 0.25) is 5.91 Å². The minimum Gasteiger partial charge on any atom is -0.445 e. The number of rotatable bonds is 10. The lowest BCUT2D eigenvalue weighted by molar-refractivity contribution is -0.125. The van der Waals surface area contributed by atoms with Crippen LogP contribution in [-0.4, -0.2) is 64.1 Å². The van der Waals surface area contributed by atoms with Crippen molar-refractivity contribution < 1.29 is 37.5 Å². The number of benzene rings is 2. The normalized spacial score (nSPS) is 14.8. The highest BCUT2D eigenvalue weighted by atomic mass is 31.2. The summed E-state index contributed by atoms with van der Waals surface area (Å²) >= 11 is 0. The number of ether oxygens (including phenoxy) is 2. The van der Waals surface area contributed by atoms with Crippen LogP contribution >= 0.6 is 7.60 Å². The molecule has 2 aromatic rings. The number of morpholine rings is 1. The van der Waals surface area contributed by atoms with Crippen LogP contribution in [0.25, 0.3) is 0 Å².